The molecule has 1 rings (SSSR count). The summed E-state index contributed by atoms with van der Waals surface area (Å²) >= 11 is 0. The molecule has 2 amide bonds. The van der Waals surface area contributed by atoms with E-state index in [1.54, 1.807) is 0 Å². The molecule has 7 nitrogen and oxygen atoms in total. The number of tetrazole rings is 1. The smallest absolute Gasteiger partial charge is 0.321 e. The highest BCUT2D eigenvalue weighted by molar-refractivity contribution is 5.87. The van der Waals surface area contributed by atoms with Crippen LogP contribution in [0.2, 0.25) is 0 Å². The Morgan fingerprint density at radius 1 is 1.67 bits per heavy atom. The zero-order valence-electron chi connectivity index (χ0n) is 6.66. The zero-order valence-corrected chi connectivity index (χ0v) is 6.66. The van der Waals surface area contributed by atoms with E-state index in [0.717, 1.165) is 6.42 Å². The minimum absolute atomic E-state index is 0.239. The Bertz CT molecular complexity index is 232. The molecule has 0 aliphatic carbocycles. The summed E-state index contributed by atoms with van der Waals surface area (Å²) in [5.74, 6) is 0.239. The quantitative estimate of drug-likeness (QED) is 0.581. The van der Waals surface area contributed by atoms with Crippen molar-refractivity contribution in [1.29, 1.82) is 0 Å². The van der Waals surface area contributed by atoms with E-state index < -0.39 is 0 Å². The van der Waals surface area contributed by atoms with Crippen LogP contribution < -0.4 is 10.6 Å². The first-order valence-electron chi connectivity index (χ1n) is 3.61. The molecule has 1 heterocycles. The summed E-state index contributed by atoms with van der Waals surface area (Å²) in [6, 6.07) is -0.310. The standard InChI is InChI=1S/C5H10N6O/c1-2-3-6-5(12)7-4-8-10-11-9-4/h2-3H2,1H3,(H3,6,7,8,9,10,11,12). The van der Waals surface area contributed by atoms with Crippen LogP contribution in [-0.4, -0.2) is 33.2 Å². The minimum Gasteiger partial charge on any atom is -0.338 e. The second-order valence-electron chi connectivity index (χ2n) is 2.13. The highest BCUT2D eigenvalue weighted by Crippen LogP contribution is 1.88. The van der Waals surface area contributed by atoms with Crippen molar-refractivity contribution in [3.8, 4) is 0 Å². The minimum atomic E-state index is -0.310. The van der Waals surface area contributed by atoms with E-state index >= 15 is 0 Å². The summed E-state index contributed by atoms with van der Waals surface area (Å²) in [5.41, 5.74) is 0. The number of aromatic nitrogens is 4. The summed E-state index contributed by atoms with van der Waals surface area (Å²) < 4.78 is 0. The lowest BCUT2D eigenvalue weighted by molar-refractivity contribution is 0.252. The lowest BCUT2D eigenvalue weighted by atomic mass is 10.5. The number of hydrogen-bond donors (Lipinski definition) is 3. The summed E-state index contributed by atoms with van der Waals surface area (Å²) in [5, 5.41) is 17.5. The van der Waals surface area contributed by atoms with Crippen molar-refractivity contribution in [3.63, 3.8) is 0 Å². The van der Waals surface area contributed by atoms with Crippen molar-refractivity contribution >= 4 is 12.0 Å². The van der Waals surface area contributed by atoms with Gasteiger partial charge in [0.05, 0.1) is 0 Å². The van der Waals surface area contributed by atoms with Gasteiger partial charge in [-0.2, -0.15) is 0 Å². The van der Waals surface area contributed by atoms with Crippen LogP contribution in [0.25, 0.3) is 0 Å². The van der Waals surface area contributed by atoms with Gasteiger partial charge in [-0.05, 0) is 16.8 Å². The number of carbonyl (C=O) groups is 1. The second kappa shape index (κ2) is 4.27. The Kier molecular flexibility index (Phi) is 3.00. The van der Waals surface area contributed by atoms with Gasteiger partial charge in [0.1, 0.15) is 0 Å². The van der Waals surface area contributed by atoms with Crippen LogP contribution in [0.3, 0.4) is 0 Å². The second-order valence-corrected chi connectivity index (χ2v) is 2.13. The Labute approximate surface area is 68.9 Å². The third-order valence-electron chi connectivity index (χ3n) is 1.11. The van der Waals surface area contributed by atoms with Crippen molar-refractivity contribution in [2.45, 2.75) is 13.3 Å². The third kappa shape index (κ3) is 2.52. The number of rotatable bonds is 3. The first-order valence-corrected chi connectivity index (χ1v) is 3.61. The molecular weight excluding hydrogens is 160 g/mol. The average molecular weight is 170 g/mol. The van der Waals surface area contributed by atoms with E-state index in [0.29, 0.717) is 6.54 Å². The molecule has 1 aromatic heterocycles. The fourth-order valence-electron chi connectivity index (χ4n) is 0.602. The summed E-state index contributed by atoms with van der Waals surface area (Å²) in [6.07, 6.45) is 0.891. The van der Waals surface area contributed by atoms with Gasteiger partial charge in [-0.3, -0.25) is 5.32 Å². The Balaban J connectivity index is 2.27. The zero-order chi connectivity index (χ0) is 8.81. The van der Waals surface area contributed by atoms with Crippen molar-refractivity contribution in [3.05, 3.63) is 0 Å². The molecule has 0 bridgehead atoms. The molecule has 66 valence electrons. The number of amides is 2. The molecule has 0 radical (unpaired) electrons. The SMILES string of the molecule is CCCNC(=O)Nc1nnn[nH]1. The van der Waals surface area contributed by atoms with Crippen LogP contribution in [0, 0.1) is 0 Å². The topological polar surface area (TPSA) is 95.6 Å². The number of hydrogen-bond acceptors (Lipinski definition) is 4. The van der Waals surface area contributed by atoms with Crippen LogP contribution in [0.15, 0.2) is 0 Å². The Morgan fingerprint density at radius 3 is 3.08 bits per heavy atom. The molecule has 0 unspecified atom stereocenters. The van der Waals surface area contributed by atoms with Crippen molar-refractivity contribution in [2.24, 2.45) is 0 Å². The highest BCUT2D eigenvalue weighted by Gasteiger charge is 2.01. The van der Waals surface area contributed by atoms with Crippen LogP contribution in [0.1, 0.15) is 13.3 Å². The molecule has 0 saturated carbocycles. The molecule has 0 atom stereocenters. The molecule has 0 spiro atoms. The molecule has 0 aromatic carbocycles. The molecule has 7 heteroatoms. The molecule has 1 aromatic rings. The fraction of sp³-hybridized carbons (Fsp3) is 0.600. The molecule has 3 N–H and O–H groups in total. The van der Waals surface area contributed by atoms with Crippen LogP contribution in [0.4, 0.5) is 10.7 Å². The van der Waals surface area contributed by atoms with Gasteiger partial charge in [-0.1, -0.05) is 12.0 Å². The molecular formula is C5H10N6O. The van der Waals surface area contributed by atoms with Gasteiger partial charge in [-0.15, -0.1) is 0 Å². The van der Waals surface area contributed by atoms with Crippen molar-refractivity contribution < 1.29 is 4.79 Å². The largest absolute Gasteiger partial charge is 0.338 e. The van der Waals surface area contributed by atoms with Gasteiger partial charge in [0.15, 0.2) is 0 Å². The Morgan fingerprint density at radius 2 is 2.50 bits per heavy atom. The highest BCUT2D eigenvalue weighted by atomic mass is 16.2. The van der Waals surface area contributed by atoms with Crippen LogP contribution >= 0.6 is 0 Å². The van der Waals surface area contributed by atoms with E-state index in [9.17, 15) is 4.79 Å². The van der Waals surface area contributed by atoms with Crippen LogP contribution in [0.5, 0.6) is 0 Å². The van der Waals surface area contributed by atoms with Gasteiger partial charge in [-0.25, -0.2) is 9.89 Å². The van der Waals surface area contributed by atoms with E-state index in [1.165, 1.54) is 0 Å². The molecule has 12 heavy (non-hydrogen) atoms. The van der Waals surface area contributed by atoms with Crippen molar-refractivity contribution in [2.75, 3.05) is 11.9 Å². The maximum Gasteiger partial charge on any atom is 0.321 e. The van der Waals surface area contributed by atoms with Gasteiger partial charge < -0.3 is 5.32 Å². The third-order valence-corrected chi connectivity index (χ3v) is 1.11. The number of aromatic amines is 1. The number of carbonyl (C=O) groups excluding carboxylic acids is 1. The van der Waals surface area contributed by atoms with Gasteiger partial charge in [0.2, 0.25) is 5.95 Å². The first kappa shape index (κ1) is 8.44. The average Bonchev–Trinajstić information content (AvgIpc) is 2.53. The summed E-state index contributed by atoms with van der Waals surface area (Å²) in [4.78, 5) is 10.9. The maximum atomic E-state index is 10.9. The van der Waals surface area contributed by atoms with Crippen molar-refractivity contribution in [1.82, 2.24) is 25.9 Å². The lowest BCUT2D eigenvalue weighted by Crippen LogP contribution is -2.29. The van der Waals surface area contributed by atoms with E-state index in [4.69, 9.17) is 0 Å². The van der Waals surface area contributed by atoms with E-state index in [2.05, 4.69) is 31.3 Å². The normalized spacial score (nSPS) is 9.42. The molecule has 0 saturated heterocycles. The lowest BCUT2D eigenvalue weighted by Gasteiger charge is -2.01. The summed E-state index contributed by atoms with van der Waals surface area (Å²) in [7, 11) is 0. The summed E-state index contributed by atoms with van der Waals surface area (Å²) in [6.45, 7) is 2.60. The number of nitrogens with one attached hydrogen (secondary N) is 3. The molecule has 0 aliphatic heterocycles. The van der Waals surface area contributed by atoms with Gasteiger partial charge >= 0.3 is 6.03 Å². The monoisotopic (exact) mass is 170 g/mol. The molecule has 0 fully saturated rings. The first-order chi connectivity index (χ1) is 5.83. The van der Waals surface area contributed by atoms with Gasteiger partial charge in [0, 0.05) is 6.54 Å². The van der Waals surface area contributed by atoms with Gasteiger partial charge in [0.25, 0.3) is 0 Å². The molecule has 0 aliphatic rings. The number of H-pyrrole nitrogens is 1. The predicted octanol–water partition coefficient (Wildman–Crippen LogP) is -0.269. The Hall–Kier alpha value is -1.66. The fourth-order valence-corrected chi connectivity index (χ4v) is 0.602. The van der Waals surface area contributed by atoms with E-state index in [1.807, 2.05) is 6.92 Å². The number of anilines is 1. The van der Waals surface area contributed by atoms with Crippen LogP contribution in [-0.2, 0) is 0 Å². The number of nitrogens with zero attached hydrogens (tertiary/aromatic N) is 3. The number of urea groups is 1. The predicted molar refractivity (Wildman–Crippen MR) is 41.5 cm³/mol. The maximum absolute atomic E-state index is 10.9. The van der Waals surface area contributed by atoms with E-state index in [-0.39, 0.29) is 12.0 Å².